The van der Waals surface area contributed by atoms with Crippen LogP contribution in [0.4, 0.5) is 0 Å². The summed E-state index contributed by atoms with van der Waals surface area (Å²) in [6.45, 7) is 0. The van der Waals surface area contributed by atoms with Gasteiger partial charge >= 0.3 is 5.97 Å². The summed E-state index contributed by atoms with van der Waals surface area (Å²) >= 11 is 11.3. The van der Waals surface area contributed by atoms with Crippen molar-refractivity contribution >= 4 is 29.2 Å². The zero-order valence-electron chi connectivity index (χ0n) is 8.67. The van der Waals surface area contributed by atoms with Crippen molar-refractivity contribution < 1.29 is 9.90 Å². The summed E-state index contributed by atoms with van der Waals surface area (Å²) in [5.74, 6) is -0.952. The molecule has 1 N–H and O–H groups in total. The van der Waals surface area contributed by atoms with Crippen LogP contribution in [0.25, 0.3) is 5.82 Å². The van der Waals surface area contributed by atoms with Gasteiger partial charge in [-0.05, 0) is 12.1 Å². The van der Waals surface area contributed by atoms with Gasteiger partial charge in [0.2, 0.25) is 0 Å². The number of halogens is 2. The lowest BCUT2D eigenvalue weighted by atomic mass is 10.3. The van der Waals surface area contributed by atoms with Crippen LogP contribution in [-0.4, -0.2) is 25.8 Å². The molecule has 0 aliphatic carbocycles. The summed E-state index contributed by atoms with van der Waals surface area (Å²) in [6.07, 6.45) is 2.33. The van der Waals surface area contributed by atoms with Crippen molar-refractivity contribution in [3.63, 3.8) is 0 Å². The lowest BCUT2D eigenvalue weighted by molar-refractivity contribution is 0.0696. The number of carboxylic acid groups (broad SMARTS) is 1. The summed E-state index contributed by atoms with van der Waals surface area (Å²) in [4.78, 5) is 26.2. The molecule has 6 nitrogen and oxygen atoms in total. The lowest BCUT2D eigenvalue weighted by Gasteiger charge is -2.04. The highest BCUT2D eigenvalue weighted by Crippen LogP contribution is 2.15. The molecule has 0 aliphatic heterocycles. The summed E-state index contributed by atoms with van der Waals surface area (Å²) in [7, 11) is 0. The fourth-order valence-electron chi connectivity index (χ4n) is 1.21. The van der Waals surface area contributed by atoms with E-state index >= 15 is 0 Å². The molecule has 2 rings (SSSR count). The van der Waals surface area contributed by atoms with Crippen LogP contribution >= 0.6 is 23.2 Å². The topological polar surface area (TPSA) is 85.1 Å². The first-order valence-electron chi connectivity index (χ1n) is 4.64. The average molecular weight is 286 g/mol. The van der Waals surface area contributed by atoms with Crippen molar-refractivity contribution in [3.05, 3.63) is 50.5 Å². The second-order valence-corrected chi connectivity index (χ2v) is 4.02. The standard InChI is InChI=1S/C10H5Cl2N3O3/c11-6-4-14-15(9(16)8(6)12)7-2-1-5(3-13-7)10(17)18/h1-4H,(H,17,18). The molecular formula is C10H5Cl2N3O3. The Balaban J connectivity index is 2.53. The number of aromatic nitrogens is 3. The van der Waals surface area contributed by atoms with Crippen LogP contribution in [0.2, 0.25) is 10.0 Å². The molecule has 0 spiro atoms. The third-order valence-corrected chi connectivity index (χ3v) is 2.84. The van der Waals surface area contributed by atoms with Crippen LogP contribution in [0.15, 0.2) is 29.3 Å². The van der Waals surface area contributed by atoms with Crippen LogP contribution in [0, 0.1) is 0 Å². The van der Waals surface area contributed by atoms with Gasteiger partial charge in [0.25, 0.3) is 5.56 Å². The number of pyridine rings is 1. The largest absolute Gasteiger partial charge is 0.478 e. The molecule has 0 unspecified atom stereocenters. The van der Waals surface area contributed by atoms with E-state index in [0.717, 1.165) is 10.9 Å². The number of nitrogens with zero attached hydrogens (tertiary/aromatic N) is 3. The average Bonchev–Trinajstić information content (AvgIpc) is 2.36. The third kappa shape index (κ3) is 2.20. The van der Waals surface area contributed by atoms with E-state index in [9.17, 15) is 9.59 Å². The lowest BCUT2D eigenvalue weighted by Crippen LogP contribution is -2.22. The molecule has 92 valence electrons. The predicted molar refractivity (Wildman–Crippen MR) is 64.6 cm³/mol. The van der Waals surface area contributed by atoms with Gasteiger partial charge in [-0.25, -0.2) is 9.78 Å². The quantitative estimate of drug-likeness (QED) is 0.906. The van der Waals surface area contributed by atoms with Crippen molar-refractivity contribution in [1.82, 2.24) is 14.8 Å². The van der Waals surface area contributed by atoms with E-state index in [0.29, 0.717) is 0 Å². The van der Waals surface area contributed by atoms with E-state index < -0.39 is 11.5 Å². The van der Waals surface area contributed by atoms with Crippen LogP contribution in [0.1, 0.15) is 10.4 Å². The molecule has 8 heteroatoms. The second-order valence-electron chi connectivity index (χ2n) is 3.23. The van der Waals surface area contributed by atoms with E-state index in [-0.39, 0.29) is 21.4 Å². The molecule has 2 aromatic rings. The van der Waals surface area contributed by atoms with E-state index in [1.165, 1.54) is 18.3 Å². The first-order chi connectivity index (χ1) is 8.50. The zero-order valence-corrected chi connectivity index (χ0v) is 10.2. The number of hydrogen-bond acceptors (Lipinski definition) is 4. The molecule has 0 amide bonds. The first-order valence-corrected chi connectivity index (χ1v) is 5.39. The molecule has 18 heavy (non-hydrogen) atoms. The number of aromatic carboxylic acids is 1. The summed E-state index contributed by atoms with van der Waals surface area (Å²) in [5.41, 5.74) is -0.619. The maximum Gasteiger partial charge on any atom is 0.337 e. The number of carboxylic acids is 1. The van der Waals surface area contributed by atoms with E-state index in [2.05, 4.69) is 10.1 Å². The smallest absolute Gasteiger partial charge is 0.337 e. The maximum absolute atomic E-state index is 11.7. The number of hydrogen-bond donors (Lipinski definition) is 1. The molecule has 0 saturated heterocycles. The molecular weight excluding hydrogens is 281 g/mol. The third-order valence-electron chi connectivity index (χ3n) is 2.09. The highest BCUT2D eigenvalue weighted by Gasteiger charge is 2.10. The van der Waals surface area contributed by atoms with Crippen LogP contribution in [0.5, 0.6) is 0 Å². The molecule has 0 aliphatic rings. The molecule has 0 fully saturated rings. The molecule has 0 atom stereocenters. The van der Waals surface area contributed by atoms with Crippen molar-refractivity contribution in [2.45, 2.75) is 0 Å². The minimum atomic E-state index is -1.11. The molecule has 0 aromatic carbocycles. The Kier molecular flexibility index (Phi) is 3.31. The number of carbonyl (C=O) groups is 1. The van der Waals surface area contributed by atoms with Gasteiger partial charge in [-0.2, -0.15) is 9.78 Å². The Morgan fingerprint density at radius 3 is 2.56 bits per heavy atom. The van der Waals surface area contributed by atoms with Gasteiger partial charge in [-0.1, -0.05) is 23.2 Å². The fraction of sp³-hybridized carbons (Fsp3) is 0. The predicted octanol–water partition coefficient (Wildman–Crippen LogP) is 1.63. The molecule has 0 bridgehead atoms. The van der Waals surface area contributed by atoms with E-state index in [1.807, 2.05) is 0 Å². The Morgan fingerprint density at radius 1 is 1.28 bits per heavy atom. The fourth-order valence-corrected chi connectivity index (χ4v) is 1.47. The Hall–Kier alpha value is -1.92. The van der Waals surface area contributed by atoms with Crippen LogP contribution < -0.4 is 5.56 Å². The summed E-state index contributed by atoms with van der Waals surface area (Å²) < 4.78 is 0.930. The Bertz CT molecular complexity index is 667. The summed E-state index contributed by atoms with van der Waals surface area (Å²) in [6, 6.07) is 2.66. The van der Waals surface area contributed by atoms with Gasteiger partial charge in [-0.3, -0.25) is 4.79 Å². The van der Waals surface area contributed by atoms with E-state index in [1.54, 1.807) is 0 Å². The van der Waals surface area contributed by atoms with Gasteiger partial charge in [0.1, 0.15) is 5.02 Å². The van der Waals surface area contributed by atoms with Crippen molar-refractivity contribution in [3.8, 4) is 5.82 Å². The van der Waals surface area contributed by atoms with Crippen LogP contribution in [0.3, 0.4) is 0 Å². The maximum atomic E-state index is 11.7. The van der Waals surface area contributed by atoms with Crippen molar-refractivity contribution in [2.24, 2.45) is 0 Å². The minimum Gasteiger partial charge on any atom is -0.478 e. The minimum absolute atomic E-state index is 0.00635. The molecule has 2 heterocycles. The Morgan fingerprint density at radius 2 is 2.00 bits per heavy atom. The first kappa shape index (κ1) is 12.5. The highest BCUT2D eigenvalue weighted by atomic mass is 35.5. The molecule has 0 saturated carbocycles. The monoisotopic (exact) mass is 285 g/mol. The van der Waals surface area contributed by atoms with Gasteiger partial charge in [0, 0.05) is 6.20 Å². The van der Waals surface area contributed by atoms with Crippen molar-refractivity contribution in [1.29, 1.82) is 0 Å². The number of rotatable bonds is 2. The summed E-state index contributed by atoms with van der Waals surface area (Å²) in [5, 5.41) is 12.4. The van der Waals surface area contributed by atoms with E-state index in [4.69, 9.17) is 28.3 Å². The molecule has 2 aromatic heterocycles. The molecule has 0 radical (unpaired) electrons. The highest BCUT2D eigenvalue weighted by molar-refractivity contribution is 6.41. The van der Waals surface area contributed by atoms with Crippen LogP contribution in [-0.2, 0) is 0 Å². The second kappa shape index (κ2) is 4.75. The van der Waals surface area contributed by atoms with Gasteiger partial charge in [-0.15, -0.1) is 0 Å². The normalized spacial score (nSPS) is 10.3. The SMILES string of the molecule is O=C(O)c1ccc(-n2ncc(Cl)c(Cl)c2=O)nc1. The van der Waals surface area contributed by atoms with Gasteiger partial charge in [0.05, 0.1) is 16.8 Å². The van der Waals surface area contributed by atoms with Gasteiger partial charge in [0.15, 0.2) is 5.82 Å². The Labute approximate surface area is 110 Å². The van der Waals surface area contributed by atoms with Crippen molar-refractivity contribution in [2.75, 3.05) is 0 Å². The van der Waals surface area contributed by atoms with Gasteiger partial charge < -0.3 is 5.11 Å². The zero-order chi connectivity index (χ0) is 13.3.